The third-order valence-electron chi connectivity index (χ3n) is 5.26. The molecule has 3 rings (SSSR count). The Kier molecular flexibility index (Phi) is 6.91. The number of nitrogens with zero attached hydrogens (tertiary/aromatic N) is 3. The predicted octanol–water partition coefficient (Wildman–Crippen LogP) is 3.60. The number of aliphatic hydroxyl groups excluding tert-OH is 1. The molecule has 0 amide bonds. The van der Waals surface area contributed by atoms with E-state index in [-0.39, 0.29) is 11.1 Å². The first kappa shape index (κ1) is 21.0. The SMILES string of the molecule is CC(C)Cn1cnc(S(=O)(=O)N2CCCCC[C@H]2C[C@@H](O)c2ccccc2)c1. The normalized spacial score (nSPS) is 20.2. The lowest BCUT2D eigenvalue weighted by Gasteiger charge is -2.30. The molecule has 1 aromatic carbocycles. The summed E-state index contributed by atoms with van der Waals surface area (Å²) in [6, 6.07) is 9.23. The molecule has 2 atom stereocenters. The number of sulfonamides is 1. The number of benzene rings is 1. The standard InChI is InChI=1S/C21H31N3O3S/c1-17(2)14-23-15-21(22-16-23)28(26,27)24-12-8-4-7-11-19(24)13-20(25)18-9-5-3-6-10-18/h3,5-6,9-10,15-17,19-20,25H,4,7-8,11-14H2,1-2H3/t19-,20+/m0/s1. The largest absolute Gasteiger partial charge is 0.388 e. The van der Waals surface area contributed by atoms with Crippen LogP contribution in [0.1, 0.15) is 57.6 Å². The van der Waals surface area contributed by atoms with E-state index in [0.717, 1.165) is 37.8 Å². The van der Waals surface area contributed by atoms with Gasteiger partial charge in [-0.2, -0.15) is 4.31 Å². The third-order valence-corrected chi connectivity index (χ3v) is 7.10. The third kappa shape index (κ3) is 5.01. The average Bonchev–Trinajstić information content (AvgIpc) is 3.00. The highest BCUT2D eigenvalue weighted by atomic mass is 32.2. The summed E-state index contributed by atoms with van der Waals surface area (Å²) >= 11 is 0. The first-order valence-electron chi connectivity index (χ1n) is 10.1. The van der Waals surface area contributed by atoms with E-state index in [1.54, 1.807) is 16.8 Å². The van der Waals surface area contributed by atoms with E-state index < -0.39 is 16.1 Å². The van der Waals surface area contributed by atoms with Crippen LogP contribution < -0.4 is 0 Å². The van der Waals surface area contributed by atoms with E-state index in [9.17, 15) is 13.5 Å². The summed E-state index contributed by atoms with van der Waals surface area (Å²) in [6.07, 6.45) is 6.52. The molecule has 0 radical (unpaired) electrons. The van der Waals surface area contributed by atoms with Crippen molar-refractivity contribution in [2.45, 2.75) is 69.7 Å². The van der Waals surface area contributed by atoms with Crippen LogP contribution in [0.2, 0.25) is 0 Å². The van der Waals surface area contributed by atoms with Crippen LogP contribution in [0.4, 0.5) is 0 Å². The van der Waals surface area contributed by atoms with Crippen molar-refractivity contribution in [2.24, 2.45) is 5.92 Å². The number of hydrogen-bond acceptors (Lipinski definition) is 4. The number of aromatic nitrogens is 2. The lowest BCUT2D eigenvalue weighted by molar-refractivity contribution is 0.132. The molecule has 7 heteroatoms. The lowest BCUT2D eigenvalue weighted by Crippen LogP contribution is -2.41. The number of imidazole rings is 1. The molecule has 0 unspecified atom stereocenters. The molecular formula is C21H31N3O3S. The number of rotatable bonds is 7. The zero-order valence-corrected chi connectivity index (χ0v) is 17.6. The van der Waals surface area contributed by atoms with Gasteiger partial charge in [0.1, 0.15) is 0 Å². The van der Waals surface area contributed by atoms with Gasteiger partial charge >= 0.3 is 0 Å². The second-order valence-electron chi connectivity index (χ2n) is 8.08. The molecule has 1 N–H and O–H groups in total. The van der Waals surface area contributed by atoms with E-state index in [1.807, 2.05) is 34.9 Å². The van der Waals surface area contributed by atoms with Gasteiger partial charge in [-0.05, 0) is 30.7 Å². The van der Waals surface area contributed by atoms with Crippen molar-refractivity contribution in [1.82, 2.24) is 13.9 Å². The maximum atomic E-state index is 13.3. The van der Waals surface area contributed by atoms with Crippen molar-refractivity contribution in [3.63, 3.8) is 0 Å². The summed E-state index contributed by atoms with van der Waals surface area (Å²) in [5.74, 6) is 0.414. The Morgan fingerprint density at radius 1 is 1.18 bits per heavy atom. The fourth-order valence-corrected chi connectivity index (χ4v) is 5.53. The first-order valence-corrected chi connectivity index (χ1v) is 11.6. The van der Waals surface area contributed by atoms with E-state index >= 15 is 0 Å². The molecule has 0 bridgehead atoms. The molecule has 1 aliphatic heterocycles. The summed E-state index contributed by atoms with van der Waals surface area (Å²) in [4.78, 5) is 4.19. The van der Waals surface area contributed by atoms with Crippen LogP contribution in [0.5, 0.6) is 0 Å². The fourth-order valence-electron chi connectivity index (χ4n) is 3.89. The quantitative estimate of drug-likeness (QED) is 0.764. The second-order valence-corrected chi connectivity index (χ2v) is 9.92. The van der Waals surface area contributed by atoms with Crippen LogP contribution in [0, 0.1) is 5.92 Å². The highest BCUT2D eigenvalue weighted by molar-refractivity contribution is 7.89. The van der Waals surface area contributed by atoms with Crippen LogP contribution in [0.15, 0.2) is 47.9 Å². The van der Waals surface area contributed by atoms with Crippen LogP contribution in [0.3, 0.4) is 0 Å². The maximum Gasteiger partial charge on any atom is 0.262 e. The summed E-state index contributed by atoms with van der Waals surface area (Å²) < 4.78 is 30.1. The first-order chi connectivity index (χ1) is 13.4. The van der Waals surface area contributed by atoms with Crippen LogP contribution >= 0.6 is 0 Å². The molecule has 1 aliphatic rings. The van der Waals surface area contributed by atoms with Gasteiger partial charge in [0.2, 0.25) is 0 Å². The Morgan fingerprint density at radius 2 is 1.93 bits per heavy atom. The summed E-state index contributed by atoms with van der Waals surface area (Å²) in [7, 11) is -3.69. The fraction of sp³-hybridized carbons (Fsp3) is 0.571. The Bertz CT molecular complexity index is 849. The Balaban J connectivity index is 1.82. The zero-order chi connectivity index (χ0) is 20.1. The van der Waals surface area contributed by atoms with Gasteiger partial charge in [0.25, 0.3) is 10.0 Å². The van der Waals surface area contributed by atoms with Crippen molar-refractivity contribution in [3.05, 3.63) is 48.4 Å². The number of hydrogen-bond donors (Lipinski definition) is 1. The molecule has 0 saturated carbocycles. The Morgan fingerprint density at radius 3 is 2.64 bits per heavy atom. The Hall–Kier alpha value is -1.70. The molecule has 0 aliphatic carbocycles. The van der Waals surface area contributed by atoms with E-state index in [4.69, 9.17) is 0 Å². The smallest absolute Gasteiger partial charge is 0.262 e. The van der Waals surface area contributed by atoms with Crippen molar-refractivity contribution in [1.29, 1.82) is 0 Å². The van der Waals surface area contributed by atoms with Crippen molar-refractivity contribution in [2.75, 3.05) is 6.54 Å². The molecular weight excluding hydrogens is 374 g/mol. The van der Waals surface area contributed by atoms with Gasteiger partial charge in [0.15, 0.2) is 5.03 Å². The summed E-state index contributed by atoms with van der Waals surface area (Å²) in [5.41, 5.74) is 0.824. The van der Waals surface area contributed by atoms with Gasteiger partial charge in [-0.25, -0.2) is 13.4 Å². The minimum absolute atomic E-state index is 0.106. The molecule has 0 spiro atoms. The summed E-state index contributed by atoms with van der Waals surface area (Å²) in [5, 5.41) is 10.8. The van der Waals surface area contributed by atoms with Crippen molar-refractivity contribution in [3.8, 4) is 0 Å². The number of aliphatic hydroxyl groups is 1. The predicted molar refractivity (Wildman–Crippen MR) is 109 cm³/mol. The van der Waals surface area contributed by atoms with Crippen molar-refractivity contribution >= 4 is 10.0 Å². The Labute approximate surface area is 168 Å². The maximum absolute atomic E-state index is 13.3. The zero-order valence-electron chi connectivity index (χ0n) is 16.7. The highest BCUT2D eigenvalue weighted by Gasteiger charge is 2.35. The van der Waals surface area contributed by atoms with Crippen LogP contribution in [-0.2, 0) is 16.6 Å². The van der Waals surface area contributed by atoms with Gasteiger partial charge < -0.3 is 9.67 Å². The molecule has 28 heavy (non-hydrogen) atoms. The van der Waals surface area contributed by atoms with E-state index in [2.05, 4.69) is 18.8 Å². The second kappa shape index (κ2) is 9.20. The molecule has 6 nitrogen and oxygen atoms in total. The monoisotopic (exact) mass is 405 g/mol. The van der Waals surface area contributed by atoms with E-state index in [1.165, 1.54) is 0 Å². The molecule has 154 valence electrons. The minimum atomic E-state index is -3.69. The van der Waals surface area contributed by atoms with Gasteiger partial charge in [0.05, 0.1) is 12.4 Å². The van der Waals surface area contributed by atoms with Crippen LogP contribution in [0.25, 0.3) is 0 Å². The molecule has 1 aromatic heterocycles. The van der Waals surface area contributed by atoms with Gasteiger partial charge in [-0.1, -0.05) is 57.0 Å². The lowest BCUT2D eigenvalue weighted by atomic mass is 9.99. The highest BCUT2D eigenvalue weighted by Crippen LogP contribution is 2.30. The molecule has 2 heterocycles. The topological polar surface area (TPSA) is 75.4 Å². The average molecular weight is 406 g/mol. The molecule has 2 aromatic rings. The van der Waals surface area contributed by atoms with Gasteiger partial charge in [-0.3, -0.25) is 0 Å². The van der Waals surface area contributed by atoms with Crippen molar-refractivity contribution < 1.29 is 13.5 Å². The minimum Gasteiger partial charge on any atom is -0.388 e. The summed E-state index contributed by atoms with van der Waals surface area (Å²) in [6.45, 7) is 5.39. The van der Waals surface area contributed by atoms with E-state index in [0.29, 0.717) is 18.9 Å². The molecule has 1 saturated heterocycles. The molecule has 1 fully saturated rings. The van der Waals surface area contributed by atoms with Gasteiger partial charge in [0, 0.05) is 25.3 Å². The van der Waals surface area contributed by atoms with Gasteiger partial charge in [-0.15, -0.1) is 0 Å². The van der Waals surface area contributed by atoms with Crippen LogP contribution in [-0.4, -0.2) is 40.0 Å².